The van der Waals surface area contributed by atoms with E-state index in [2.05, 4.69) is 195 Å². The molecule has 10 aromatic rings. The largest absolute Gasteiger partial charge is 0.456 e. The van der Waals surface area contributed by atoms with E-state index in [-0.39, 0.29) is 5.41 Å². The van der Waals surface area contributed by atoms with Gasteiger partial charge in [0, 0.05) is 33.2 Å². The molecule has 0 spiro atoms. The van der Waals surface area contributed by atoms with Gasteiger partial charge in [0.05, 0.1) is 0 Å². The van der Waals surface area contributed by atoms with Crippen molar-refractivity contribution in [3.8, 4) is 33.4 Å². The van der Waals surface area contributed by atoms with E-state index in [9.17, 15) is 0 Å². The topological polar surface area (TPSA) is 16.4 Å². The van der Waals surface area contributed by atoms with Crippen LogP contribution in [0.25, 0.3) is 76.9 Å². The molecule has 0 atom stereocenters. The van der Waals surface area contributed by atoms with E-state index in [1.54, 1.807) is 0 Å². The number of benzene rings is 9. The van der Waals surface area contributed by atoms with Crippen molar-refractivity contribution in [3.63, 3.8) is 0 Å². The second-order valence-electron chi connectivity index (χ2n) is 15.4. The quantitative estimate of drug-likeness (QED) is 0.177. The molecular formula is C53H37NO. The first-order valence-electron chi connectivity index (χ1n) is 19.1. The molecule has 1 heterocycles. The van der Waals surface area contributed by atoms with Crippen molar-refractivity contribution >= 4 is 60.5 Å². The van der Waals surface area contributed by atoms with Crippen LogP contribution in [-0.4, -0.2) is 0 Å². The minimum atomic E-state index is -0.0975. The number of fused-ring (bicyclic) bond motifs is 8. The fourth-order valence-electron chi connectivity index (χ4n) is 9.00. The molecule has 0 fully saturated rings. The van der Waals surface area contributed by atoms with E-state index < -0.39 is 0 Å². The molecule has 0 saturated heterocycles. The van der Waals surface area contributed by atoms with E-state index in [1.807, 2.05) is 12.1 Å². The molecule has 0 radical (unpaired) electrons. The lowest BCUT2D eigenvalue weighted by molar-refractivity contribution is 0.660. The van der Waals surface area contributed by atoms with Crippen LogP contribution in [0.3, 0.4) is 0 Å². The lowest BCUT2D eigenvalue weighted by atomic mass is 9.82. The highest BCUT2D eigenvalue weighted by atomic mass is 16.3. The third kappa shape index (κ3) is 5.02. The summed E-state index contributed by atoms with van der Waals surface area (Å²) in [5.74, 6) is 0. The fourth-order valence-corrected chi connectivity index (χ4v) is 9.00. The Bertz CT molecular complexity index is 3110. The first kappa shape index (κ1) is 31.6. The third-order valence-electron chi connectivity index (χ3n) is 11.8. The molecular weight excluding hydrogens is 667 g/mol. The van der Waals surface area contributed by atoms with Crippen LogP contribution in [-0.2, 0) is 5.41 Å². The van der Waals surface area contributed by atoms with Gasteiger partial charge in [0.25, 0.3) is 0 Å². The van der Waals surface area contributed by atoms with Crippen LogP contribution in [0, 0.1) is 0 Å². The van der Waals surface area contributed by atoms with E-state index >= 15 is 0 Å². The molecule has 2 heteroatoms. The van der Waals surface area contributed by atoms with Gasteiger partial charge in [-0.15, -0.1) is 0 Å². The van der Waals surface area contributed by atoms with Gasteiger partial charge in [0.1, 0.15) is 11.2 Å². The Kier molecular flexibility index (Phi) is 6.93. The average molecular weight is 704 g/mol. The summed E-state index contributed by atoms with van der Waals surface area (Å²) in [7, 11) is 0. The summed E-state index contributed by atoms with van der Waals surface area (Å²) in [4.78, 5) is 2.40. The molecule has 11 rings (SSSR count). The van der Waals surface area contributed by atoms with Crippen LogP contribution in [0.2, 0.25) is 0 Å². The minimum absolute atomic E-state index is 0.0975. The molecule has 260 valence electrons. The molecule has 0 unspecified atom stereocenters. The maximum absolute atomic E-state index is 6.24. The van der Waals surface area contributed by atoms with Crippen molar-refractivity contribution in [1.29, 1.82) is 0 Å². The predicted molar refractivity (Wildman–Crippen MR) is 232 cm³/mol. The molecule has 0 N–H and O–H groups in total. The summed E-state index contributed by atoms with van der Waals surface area (Å²) in [6.07, 6.45) is 0. The first-order chi connectivity index (χ1) is 27.0. The van der Waals surface area contributed by atoms with E-state index in [1.165, 1.54) is 66.1 Å². The zero-order valence-electron chi connectivity index (χ0n) is 30.8. The van der Waals surface area contributed by atoms with Gasteiger partial charge < -0.3 is 9.32 Å². The molecule has 1 aliphatic rings. The number of hydrogen-bond donors (Lipinski definition) is 0. The van der Waals surface area contributed by atoms with Crippen LogP contribution >= 0.6 is 0 Å². The second-order valence-corrected chi connectivity index (χ2v) is 15.4. The SMILES string of the molecule is CC1(C)c2ccccc2-c2ccc(N(c3ccc(-c4ccc5cc6c(cc5c4)oc4ccccc46)cc3)c3ccc(-c4cccc5ccccc45)cc3)cc21. The highest BCUT2D eigenvalue weighted by Gasteiger charge is 2.35. The van der Waals surface area contributed by atoms with Crippen LogP contribution < -0.4 is 4.90 Å². The Hall–Kier alpha value is -6.90. The molecule has 9 aromatic carbocycles. The molecule has 0 bridgehead atoms. The Morgan fingerprint density at radius 2 is 1.00 bits per heavy atom. The maximum atomic E-state index is 6.24. The summed E-state index contributed by atoms with van der Waals surface area (Å²) in [6, 6.07) is 68.6. The normalized spacial score (nSPS) is 13.1. The highest BCUT2D eigenvalue weighted by molar-refractivity contribution is 6.10. The van der Waals surface area contributed by atoms with Crippen molar-refractivity contribution in [1.82, 2.24) is 0 Å². The number of furan rings is 1. The molecule has 1 aromatic heterocycles. The van der Waals surface area contributed by atoms with Gasteiger partial charge >= 0.3 is 0 Å². The fraction of sp³-hybridized carbons (Fsp3) is 0.0566. The number of para-hydroxylation sites is 1. The zero-order chi connectivity index (χ0) is 36.7. The number of rotatable bonds is 5. The predicted octanol–water partition coefficient (Wildman–Crippen LogP) is 15.0. The summed E-state index contributed by atoms with van der Waals surface area (Å²) in [5.41, 5.74) is 15.3. The van der Waals surface area contributed by atoms with Crippen LogP contribution in [0.4, 0.5) is 17.1 Å². The lowest BCUT2D eigenvalue weighted by Gasteiger charge is -2.28. The Labute approximate surface area is 320 Å². The van der Waals surface area contributed by atoms with Crippen molar-refractivity contribution in [3.05, 3.63) is 199 Å². The summed E-state index contributed by atoms with van der Waals surface area (Å²) < 4.78 is 6.24. The van der Waals surface area contributed by atoms with Gasteiger partial charge in [-0.05, 0) is 127 Å². The standard InChI is InChI=1S/C53H37NO/c1-53(2)49-16-7-5-13-45(49)46-29-28-42(33-50(46)53)54(41-26-22-36(23-27-41)44-15-9-11-35-10-3-4-12-43(35)44)40-24-20-34(21-25-40)37-18-19-38-31-48-47-14-6-8-17-51(47)55-52(48)32-39(38)30-37/h3-33H,1-2H3. The highest BCUT2D eigenvalue weighted by Crippen LogP contribution is 2.50. The first-order valence-corrected chi connectivity index (χ1v) is 19.1. The van der Waals surface area contributed by atoms with Crippen molar-refractivity contribution in [2.24, 2.45) is 0 Å². The van der Waals surface area contributed by atoms with E-state index in [0.29, 0.717) is 0 Å². The third-order valence-corrected chi connectivity index (χ3v) is 11.8. The van der Waals surface area contributed by atoms with Crippen molar-refractivity contribution in [2.75, 3.05) is 4.90 Å². The molecule has 0 saturated carbocycles. The number of hydrogen-bond acceptors (Lipinski definition) is 2. The summed E-state index contributed by atoms with van der Waals surface area (Å²) in [6.45, 7) is 4.70. The van der Waals surface area contributed by atoms with Crippen LogP contribution in [0.15, 0.2) is 192 Å². The Morgan fingerprint density at radius 3 is 1.84 bits per heavy atom. The smallest absolute Gasteiger partial charge is 0.136 e. The monoisotopic (exact) mass is 703 g/mol. The van der Waals surface area contributed by atoms with Gasteiger partial charge in [-0.2, -0.15) is 0 Å². The van der Waals surface area contributed by atoms with E-state index in [0.717, 1.165) is 39.0 Å². The molecule has 0 aliphatic heterocycles. The lowest BCUT2D eigenvalue weighted by Crippen LogP contribution is -2.16. The van der Waals surface area contributed by atoms with Gasteiger partial charge in [-0.1, -0.05) is 141 Å². The number of nitrogens with zero attached hydrogens (tertiary/aromatic N) is 1. The van der Waals surface area contributed by atoms with Gasteiger partial charge in [0.15, 0.2) is 0 Å². The van der Waals surface area contributed by atoms with Crippen molar-refractivity contribution < 1.29 is 4.42 Å². The summed E-state index contributed by atoms with van der Waals surface area (Å²) in [5, 5.41) is 7.21. The van der Waals surface area contributed by atoms with Crippen LogP contribution in [0.1, 0.15) is 25.0 Å². The van der Waals surface area contributed by atoms with Crippen LogP contribution in [0.5, 0.6) is 0 Å². The van der Waals surface area contributed by atoms with Crippen molar-refractivity contribution in [2.45, 2.75) is 19.3 Å². The number of anilines is 3. The van der Waals surface area contributed by atoms with Gasteiger partial charge in [0.2, 0.25) is 0 Å². The van der Waals surface area contributed by atoms with E-state index in [4.69, 9.17) is 4.42 Å². The molecule has 55 heavy (non-hydrogen) atoms. The van der Waals surface area contributed by atoms with Gasteiger partial charge in [-0.25, -0.2) is 0 Å². The Balaban J connectivity index is 1.00. The molecule has 0 amide bonds. The maximum Gasteiger partial charge on any atom is 0.136 e. The average Bonchev–Trinajstić information content (AvgIpc) is 3.71. The zero-order valence-corrected chi connectivity index (χ0v) is 30.8. The molecule has 2 nitrogen and oxygen atoms in total. The van der Waals surface area contributed by atoms with Gasteiger partial charge in [-0.3, -0.25) is 0 Å². The molecule has 1 aliphatic carbocycles. The Morgan fingerprint density at radius 1 is 0.364 bits per heavy atom. The summed E-state index contributed by atoms with van der Waals surface area (Å²) >= 11 is 0. The minimum Gasteiger partial charge on any atom is -0.456 e. The second kappa shape index (κ2) is 12.1.